The highest BCUT2D eigenvalue weighted by Gasteiger charge is 2.29. The number of anilines is 1. The highest BCUT2D eigenvalue weighted by Crippen LogP contribution is 2.32. The van der Waals surface area contributed by atoms with Gasteiger partial charge in [-0.1, -0.05) is 18.2 Å². The van der Waals surface area contributed by atoms with Crippen LogP contribution in [0.3, 0.4) is 0 Å². The number of aromatic nitrogens is 2. The molecule has 2 aromatic carbocycles. The number of rotatable bonds is 9. The van der Waals surface area contributed by atoms with Crippen molar-refractivity contribution in [3.63, 3.8) is 0 Å². The van der Waals surface area contributed by atoms with E-state index < -0.39 is 17.3 Å². The molecular formula is C24H23F3N4O2. The van der Waals surface area contributed by atoms with Crippen LogP contribution in [0.15, 0.2) is 30.3 Å². The van der Waals surface area contributed by atoms with Gasteiger partial charge in [0.1, 0.15) is 35.9 Å². The Bertz CT molecular complexity index is 1220. The normalized spacial score (nSPS) is 13.7. The van der Waals surface area contributed by atoms with E-state index in [0.29, 0.717) is 53.5 Å². The zero-order valence-corrected chi connectivity index (χ0v) is 18.3. The maximum atomic E-state index is 14.6. The molecule has 3 aromatic rings. The van der Waals surface area contributed by atoms with E-state index in [1.165, 1.54) is 12.1 Å². The third kappa shape index (κ3) is 5.34. The van der Waals surface area contributed by atoms with Gasteiger partial charge >= 0.3 is 0 Å². The second-order valence-corrected chi connectivity index (χ2v) is 8.04. The van der Waals surface area contributed by atoms with Gasteiger partial charge in [-0.2, -0.15) is 5.26 Å². The molecule has 0 amide bonds. The summed E-state index contributed by atoms with van der Waals surface area (Å²) in [4.78, 5) is 8.76. The Labute approximate surface area is 189 Å². The van der Waals surface area contributed by atoms with Crippen LogP contribution in [-0.4, -0.2) is 29.3 Å². The third-order valence-corrected chi connectivity index (χ3v) is 5.25. The minimum absolute atomic E-state index is 0.0628. The summed E-state index contributed by atoms with van der Waals surface area (Å²) in [5.74, 6) is -3.07. The monoisotopic (exact) mass is 456 g/mol. The lowest BCUT2D eigenvalue weighted by Crippen LogP contribution is -2.13. The van der Waals surface area contributed by atoms with Crippen molar-refractivity contribution in [2.75, 3.05) is 18.5 Å². The number of nitrogens with zero attached hydrogens (tertiary/aromatic N) is 3. The lowest BCUT2D eigenvalue weighted by Gasteiger charge is -2.16. The molecule has 1 N–H and O–H groups in total. The van der Waals surface area contributed by atoms with Crippen molar-refractivity contribution in [2.24, 2.45) is 0 Å². The van der Waals surface area contributed by atoms with Crippen LogP contribution in [0.25, 0.3) is 10.9 Å². The molecule has 0 unspecified atom stereocenters. The molecule has 172 valence electrons. The molecule has 0 saturated heterocycles. The summed E-state index contributed by atoms with van der Waals surface area (Å²) in [5.41, 5.74) is 0.258. The quantitative estimate of drug-likeness (QED) is 0.444. The zero-order chi connectivity index (χ0) is 23.6. The predicted molar refractivity (Wildman–Crippen MR) is 117 cm³/mol. The first-order chi connectivity index (χ1) is 15.8. The summed E-state index contributed by atoms with van der Waals surface area (Å²) in [7, 11) is 0. The van der Waals surface area contributed by atoms with E-state index in [2.05, 4.69) is 21.4 Å². The average molecular weight is 456 g/mol. The average Bonchev–Trinajstić information content (AvgIpc) is 3.59. The van der Waals surface area contributed by atoms with Crippen molar-refractivity contribution in [3.05, 3.63) is 58.7 Å². The fraction of sp³-hybridized carbons (Fsp3) is 0.375. The van der Waals surface area contributed by atoms with Gasteiger partial charge in [-0.05, 0) is 31.9 Å². The summed E-state index contributed by atoms with van der Waals surface area (Å²) >= 11 is 0. The Kier molecular flexibility index (Phi) is 6.38. The van der Waals surface area contributed by atoms with E-state index in [1.54, 1.807) is 19.1 Å². The first kappa shape index (κ1) is 22.8. The van der Waals surface area contributed by atoms with Gasteiger partial charge in [0.2, 0.25) is 0 Å². The second-order valence-electron chi connectivity index (χ2n) is 8.04. The maximum absolute atomic E-state index is 14.6. The Morgan fingerprint density at radius 3 is 2.70 bits per heavy atom. The molecule has 9 heteroatoms. The van der Waals surface area contributed by atoms with E-state index >= 15 is 0 Å². The Balaban J connectivity index is 1.60. The molecule has 33 heavy (non-hydrogen) atoms. The number of aryl methyl sites for hydroxylation is 1. The second kappa shape index (κ2) is 9.24. The first-order valence-electron chi connectivity index (χ1n) is 10.6. The predicted octanol–water partition coefficient (Wildman–Crippen LogP) is 5.23. The van der Waals surface area contributed by atoms with Gasteiger partial charge in [-0.3, -0.25) is 0 Å². The summed E-state index contributed by atoms with van der Waals surface area (Å²) in [5, 5.41) is 13.1. The molecule has 0 bridgehead atoms. The van der Waals surface area contributed by atoms with Crippen molar-refractivity contribution in [3.8, 4) is 11.8 Å². The van der Waals surface area contributed by atoms with Gasteiger partial charge in [-0.25, -0.2) is 23.1 Å². The summed E-state index contributed by atoms with van der Waals surface area (Å²) in [6.45, 7) is 2.99. The molecule has 1 aliphatic rings. The fourth-order valence-electron chi connectivity index (χ4n) is 3.45. The number of hydrogen-bond donors (Lipinski definition) is 1. The number of halogens is 3. The lowest BCUT2D eigenvalue weighted by molar-refractivity contribution is 0.0136. The molecule has 4 rings (SSSR count). The third-order valence-electron chi connectivity index (χ3n) is 5.25. The van der Waals surface area contributed by atoms with Gasteiger partial charge in [0, 0.05) is 24.4 Å². The highest BCUT2D eigenvalue weighted by molar-refractivity contribution is 5.91. The molecule has 0 radical (unpaired) electrons. The summed E-state index contributed by atoms with van der Waals surface area (Å²) in [6, 6.07) is 9.27. The van der Waals surface area contributed by atoms with E-state index in [0.717, 1.165) is 18.9 Å². The minimum atomic E-state index is -3.29. The Morgan fingerprint density at radius 1 is 1.21 bits per heavy atom. The van der Waals surface area contributed by atoms with Crippen LogP contribution in [0.2, 0.25) is 0 Å². The van der Waals surface area contributed by atoms with Gasteiger partial charge in [0.05, 0.1) is 29.4 Å². The van der Waals surface area contributed by atoms with Crippen molar-refractivity contribution in [2.45, 2.75) is 45.3 Å². The van der Waals surface area contributed by atoms with Gasteiger partial charge < -0.3 is 14.8 Å². The Hall–Kier alpha value is -3.38. The molecule has 1 aliphatic carbocycles. The van der Waals surface area contributed by atoms with Crippen molar-refractivity contribution in [1.29, 1.82) is 5.26 Å². The number of nitrogens with one attached hydrogen (secondary N) is 1. The number of nitriles is 1. The summed E-state index contributed by atoms with van der Waals surface area (Å²) in [6.07, 6.45) is 2.43. The van der Waals surface area contributed by atoms with Crippen LogP contribution in [0.5, 0.6) is 5.75 Å². The van der Waals surface area contributed by atoms with E-state index in [4.69, 9.17) is 9.47 Å². The fourth-order valence-corrected chi connectivity index (χ4v) is 3.45. The van der Waals surface area contributed by atoms with Gasteiger partial charge in [0.15, 0.2) is 0 Å². The SMILES string of the molecule is Cc1nc(NCc2cccc(C(C)(F)F)c2F)c2cc(OCCOC3CC3)c(C#N)cc2n1. The van der Waals surface area contributed by atoms with Crippen molar-refractivity contribution >= 4 is 16.7 Å². The van der Waals surface area contributed by atoms with Crippen LogP contribution in [-0.2, 0) is 17.2 Å². The van der Waals surface area contributed by atoms with Crippen molar-refractivity contribution in [1.82, 2.24) is 9.97 Å². The van der Waals surface area contributed by atoms with Gasteiger partial charge in [-0.15, -0.1) is 0 Å². The zero-order valence-electron chi connectivity index (χ0n) is 18.3. The van der Waals surface area contributed by atoms with Crippen molar-refractivity contribution < 1.29 is 22.6 Å². The molecule has 0 aliphatic heterocycles. The first-order valence-corrected chi connectivity index (χ1v) is 10.6. The molecule has 1 heterocycles. The van der Waals surface area contributed by atoms with E-state index in [9.17, 15) is 18.4 Å². The van der Waals surface area contributed by atoms with Crippen LogP contribution < -0.4 is 10.1 Å². The number of benzene rings is 2. The molecule has 6 nitrogen and oxygen atoms in total. The van der Waals surface area contributed by atoms with Crippen LogP contribution in [0.4, 0.5) is 19.0 Å². The molecule has 1 saturated carbocycles. The van der Waals surface area contributed by atoms with Crippen LogP contribution >= 0.6 is 0 Å². The summed E-state index contributed by atoms with van der Waals surface area (Å²) < 4.78 is 53.3. The molecule has 0 atom stereocenters. The maximum Gasteiger partial charge on any atom is 0.273 e. The molecule has 1 aromatic heterocycles. The topological polar surface area (TPSA) is 80.1 Å². The standard InChI is InChI=1S/C24H23F3N4O2/c1-14-30-20-10-16(12-28)21(33-9-8-32-17-6-7-17)11-18(20)23(31-14)29-13-15-4-3-5-19(22(15)25)24(2,26)27/h3-5,10-11,17H,6-9,13H2,1-2H3,(H,29,30,31). The van der Waals surface area contributed by atoms with Gasteiger partial charge in [0.25, 0.3) is 5.92 Å². The number of ether oxygens (including phenoxy) is 2. The van der Waals surface area contributed by atoms with E-state index in [-0.39, 0.29) is 18.7 Å². The number of fused-ring (bicyclic) bond motifs is 1. The smallest absolute Gasteiger partial charge is 0.273 e. The lowest BCUT2D eigenvalue weighted by atomic mass is 10.0. The van der Waals surface area contributed by atoms with Crippen LogP contribution in [0.1, 0.15) is 42.3 Å². The minimum Gasteiger partial charge on any atom is -0.490 e. The molecule has 1 fully saturated rings. The Morgan fingerprint density at radius 2 is 2.00 bits per heavy atom. The van der Waals surface area contributed by atoms with E-state index in [1.807, 2.05) is 0 Å². The number of alkyl halides is 2. The molecule has 0 spiro atoms. The molecular weight excluding hydrogens is 433 g/mol. The largest absolute Gasteiger partial charge is 0.490 e. The highest BCUT2D eigenvalue weighted by atomic mass is 19.3. The number of hydrogen-bond acceptors (Lipinski definition) is 6. The van der Waals surface area contributed by atoms with Crippen LogP contribution in [0, 0.1) is 24.1 Å².